The molecule has 2 N–H and O–H groups in total. The molecule has 0 unspecified atom stereocenters. The minimum Gasteiger partial charge on any atom is -0.373 e. The molecule has 1 heterocycles. The zero-order valence-electron chi connectivity index (χ0n) is 16.9. The Labute approximate surface area is 165 Å². The lowest BCUT2D eigenvalue weighted by atomic mass is 9.95. The number of nitrogens with zero attached hydrogens (tertiary/aromatic N) is 1. The maximum atomic E-state index is 12.1. The van der Waals surface area contributed by atoms with Crippen LogP contribution in [0.25, 0.3) is 0 Å². The van der Waals surface area contributed by atoms with Crippen molar-refractivity contribution < 1.29 is 13.3 Å². The van der Waals surface area contributed by atoms with E-state index < -0.39 is 30.9 Å². The van der Waals surface area contributed by atoms with Gasteiger partial charge in [-0.1, -0.05) is 12.2 Å². The van der Waals surface area contributed by atoms with E-state index in [1.165, 1.54) is 0 Å². The third-order valence-corrected chi connectivity index (χ3v) is 8.43. The third kappa shape index (κ3) is 5.28. The van der Waals surface area contributed by atoms with Gasteiger partial charge in [-0.2, -0.15) is 0 Å². The fourth-order valence-corrected chi connectivity index (χ4v) is 6.89. The molecule has 0 saturated carbocycles. The zero-order valence-corrected chi connectivity index (χ0v) is 17.9. The predicted molar refractivity (Wildman–Crippen MR) is 110 cm³/mol. The van der Waals surface area contributed by atoms with Crippen molar-refractivity contribution in [2.45, 2.75) is 51.6 Å². The first-order chi connectivity index (χ1) is 13.3. The molecule has 0 radical (unpaired) electrons. The first-order valence-corrected chi connectivity index (χ1v) is 11.1. The van der Waals surface area contributed by atoms with Crippen LogP contribution in [-0.4, -0.2) is 43.2 Å². The van der Waals surface area contributed by atoms with Crippen LogP contribution in [0.15, 0.2) is 39.7 Å². The standard InChI is InChI=1S/C18H31N3O6Si/c1-6-11-18(12-7-2,28(25-8-3,26-9-4)27-10-5)13-14-21-16(23)19-15(22)20-17(21)24/h6-7H,1-2,8-14H2,3-5H3,(H2,19,20,22,23,24). The molecule has 0 bridgehead atoms. The second-order valence-electron chi connectivity index (χ2n) is 6.21. The van der Waals surface area contributed by atoms with E-state index in [0.29, 0.717) is 39.1 Å². The Balaban J connectivity index is 3.48. The number of hydrogen-bond donors (Lipinski definition) is 2. The lowest BCUT2D eigenvalue weighted by molar-refractivity contribution is 0.0397. The Morgan fingerprint density at radius 2 is 1.36 bits per heavy atom. The molecule has 1 aromatic rings. The van der Waals surface area contributed by atoms with Gasteiger partial charge in [0.05, 0.1) is 0 Å². The minimum absolute atomic E-state index is 0.0502. The van der Waals surface area contributed by atoms with Crippen LogP contribution < -0.4 is 17.1 Å². The third-order valence-electron chi connectivity index (χ3n) is 4.47. The molecule has 1 rings (SSSR count). The van der Waals surface area contributed by atoms with Crippen molar-refractivity contribution >= 4 is 8.80 Å². The van der Waals surface area contributed by atoms with Gasteiger partial charge in [0, 0.05) is 31.4 Å². The van der Waals surface area contributed by atoms with Crippen LogP contribution in [0.3, 0.4) is 0 Å². The van der Waals surface area contributed by atoms with Crippen molar-refractivity contribution in [2.24, 2.45) is 0 Å². The lowest BCUT2D eigenvalue weighted by Gasteiger charge is -2.44. The molecule has 0 aliphatic heterocycles. The molecule has 0 fully saturated rings. The second kappa shape index (κ2) is 11.1. The number of H-pyrrole nitrogens is 2. The van der Waals surface area contributed by atoms with Crippen molar-refractivity contribution in [3.05, 3.63) is 56.8 Å². The van der Waals surface area contributed by atoms with E-state index in [0.717, 1.165) is 4.57 Å². The molecule has 0 saturated heterocycles. The van der Waals surface area contributed by atoms with E-state index in [9.17, 15) is 14.4 Å². The molecule has 0 spiro atoms. The van der Waals surface area contributed by atoms with Crippen LogP contribution in [0.5, 0.6) is 0 Å². The van der Waals surface area contributed by atoms with Crippen LogP contribution in [0.1, 0.15) is 40.0 Å². The first kappa shape index (κ1) is 24.0. The van der Waals surface area contributed by atoms with Crippen molar-refractivity contribution in [1.82, 2.24) is 14.5 Å². The summed E-state index contributed by atoms with van der Waals surface area (Å²) in [6.45, 7) is 14.5. The Kier molecular flexibility index (Phi) is 9.53. The van der Waals surface area contributed by atoms with Crippen LogP contribution >= 0.6 is 0 Å². The lowest BCUT2D eigenvalue weighted by Crippen LogP contribution is -2.57. The summed E-state index contributed by atoms with van der Waals surface area (Å²) in [6, 6.07) is 0. The highest BCUT2D eigenvalue weighted by Crippen LogP contribution is 2.50. The van der Waals surface area contributed by atoms with Gasteiger partial charge in [-0.15, -0.1) is 13.2 Å². The summed E-state index contributed by atoms with van der Waals surface area (Å²) in [5.41, 5.74) is -2.37. The molecular weight excluding hydrogens is 382 g/mol. The van der Waals surface area contributed by atoms with Crippen LogP contribution in [0.4, 0.5) is 0 Å². The number of nitrogens with one attached hydrogen (secondary N) is 2. The van der Waals surface area contributed by atoms with Crippen LogP contribution in [0, 0.1) is 0 Å². The Bertz CT molecular complexity index is 751. The summed E-state index contributed by atoms with van der Waals surface area (Å²) < 4.78 is 19.3. The molecule has 1 aromatic heterocycles. The van der Waals surface area contributed by atoms with Gasteiger partial charge in [-0.3, -0.25) is 9.97 Å². The largest absolute Gasteiger partial charge is 0.508 e. The van der Waals surface area contributed by atoms with E-state index in [4.69, 9.17) is 13.3 Å². The van der Waals surface area contributed by atoms with Gasteiger partial charge in [-0.05, 0) is 40.0 Å². The summed E-state index contributed by atoms with van der Waals surface area (Å²) in [5, 5.41) is -0.666. The summed E-state index contributed by atoms with van der Waals surface area (Å²) in [7, 11) is -3.26. The van der Waals surface area contributed by atoms with Crippen LogP contribution in [-0.2, 0) is 19.8 Å². The van der Waals surface area contributed by atoms with Crippen molar-refractivity contribution in [3.63, 3.8) is 0 Å². The molecule has 0 aliphatic carbocycles. The molecule has 158 valence electrons. The number of hydrogen-bond acceptors (Lipinski definition) is 6. The quantitative estimate of drug-likeness (QED) is 0.353. The maximum absolute atomic E-state index is 12.1. The molecule has 0 aliphatic rings. The number of allylic oxidation sites excluding steroid dienone is 2. The zero-order chi connectivity index (χ0) is 21.2. The van der Waals surface area contributed by atoms with E-state index in [1.807, 2.05) is 20.8 Å². The molecule has 10 heteroatoms. The van der Waals surface area contributed by atoms with Gasteiger partial charge in [0.15, 0.2) is 0 Å². The molecule has 28 heavy (non-hydrogen) atoms. The highest BCUT2D eigenvalue weighted by molar-refractivity contribution is 6.64. The average Bonchev–Trinajstić information content (AvgIpc) is 2.61. The minimum atomic E-state index is -3.26. The summed E-state index contributed by atoms with van der Waals surface area (Å²) in [6.07, 6.45) is 4.82. The number of aromatic amines is 2. The normalized spacial score (nSPS) is 12.1. The fraction of sp³-hybridized carbons (Fsp3) is 0.611. The second-order valence-corrected chi connectivity index (χ2v) is 9.25. The summed E-state index contributed by atoms with van der Waals surface area (Å²) in [4.78, 5) is 39.6. The highest BCUT2D eigenvalue weighted by atomic mass is 28.4. The summed E-state index contributed by atoms with van der Waals surface area (Å²) in [5.74, 6) is 0. The Morgan fingerprint density at radius 1 is 0.929 bits per heavy atom. The highest BCUT2D eigenvalue weighted by Gasteiger charge is 2.59. The van der Waals surface area contributed by atoms with Gasteiger partial charge < -0.3 is 13.3 Å². The molecule has 0 atom stereocenters. The Hall–Kier alpha value is -2.01. The Morgan fingerprint density at radius 3 is 1.71 bits per heavy atom. The maximum Gasteiger partial charge on any atom is 0.508 e. The van der Waals surface area contributed by atoms with Crippen molar-refractivity contribution in [3.8, 4) is 0 Å². The van der Waals surface area contributed by atoms with E-state index in [-0.39, 0.29) is 6.54 Å². The van der Waals surface area contributed by atoms with Gasteiger partial charge in [0.2, 0.25) is 0 Å². The van der Waals surface area contributed by atoms with Crippen LogP contribution in [0.2, 0.25) is 5.04 Å². The number of rotatable bonds is 14. The van der Waals surface area contributed by atoms with E-state index >= 15 is 0 Å². The fourth-order valence-electron chi connectivity index (χ4n) is 3.38. The van der Waals surface area contributed by atoms with Gasteiger partial charge in [-0.25, -0.2) is 19.0 Å². The van der Waals surface area contributed by atoms with E-state index in [2.05, 4.69) is 23.1 Å². The summed E-state index contributed by atoms with van der Waals surface area (Å²) >= 11 is 0. The van der Waals surface area contributed by atoms with Gasteiger partial charge >= 0.3 is 25.9 Å². The van der Waals surface area contributed by atoms with E-state index in [1.54, 1.807) is 12.2 Å². The van der Waals surface area contributed by atoms with Crippen molar-refractivity contribution in [2.75, 3.05) is 19.8 Å². The first-order valence-electron chi connectivity index (χ1n) is 9.42. The topological polar surface area (TPSA) is 115 Å². The SMILES string of the molecule is C=CCC(CC=C)(CCn1c(=O)[nH]c(=O)[nH]c1=O)[Si](OCC)(OCC)OCC. The average molecular weight is 414 g/mol. The monoisotopic (exact) mass is 413 g/mol. The molecular formula is C18H31N3O6Si. The predicted octanol–water partition coefficient (Wildman–Crippen LogP) is 1.56. The molecule has 9 nitrogen and oxygen atoms in total. The van der Waals surface area contributed by atoms with Crippen molar-refractivity contribution in [1.29, 1.82) is 0 Å². The van der Waals surface area contributed by atoms with Gasteiger partial charge in [0.1, 0.15) is 0 Å². The smallest absolute Gasteiger partial charge is 0.373 e. The molecule has 0 aromatic carbocycles. The molecule has 0 amide bonds. The number of aromatic nitrogens is 3. The van der Waals surface area contributed by atoms with Gasteiger partial charge in [0.25, 0.3) is 0 Å².